The maximum Gasteiger partial charge on any atom is 0.225 e. The van der Waals surface area contributed by atoms with Gasteiger partial charge in [0.1, 0.15) is 0 Å². The van der Waals surface area contributed by atoms with Crippen LogP contribution in [0.2, 0.25) is 0 Å². The van der Waals surface area contributed by atoms with Crippen molar-refractivity contribution in [2.75, 3.05) is 13.1 Å². The second kappa shape index (κ2) is 8.12. The van der Waals surface area contributed by atoms with Crippen molar-refractivity contribution in [3.05, 3.63) is 22.4 Å². The van der Waals surface area contributed by atoms with Crippen molar-refractivity contribution < 1.29 is 9.59 Å². The van der Waals surface area contributed by atoms with Gasteiger partial charge in [-0.2, -0.15) is 0 Å². The molecule has 3 fully saturated rings. The molecule has 2 aliphatic carbocycles. The first-order chi connectivity index (χ1) is 12.7. The number of hydrogen-bond donors (Lipinski definition) is 1. The van der Waals surface area contributed by atoms with E-state index in [0.717, 1.165) is 38.8 Å². The largest absolute Gasteiger partial charge is 0.348 e. The van der Waals surface area contributed by atoms with E-state index in [-0.39, 0.29) is 23.8 Å². The second-order valence-electron chi connectivity index (χ2n) is 8.27. The maximum atomic E-state index is 13.0. The van der Waals surface area contributed by atoms with E-state index in [1.54, 1.807) is 11.3 Å². The first-order valence-corrected chi connectivity index (χ1v) is 11.2. The van der Waals surface area contributed by atoms with Gasteiger partial charge in [-0.05, 0) is 55.9 Å². The third-order valence-corrected chi connectivity index (χ3v) is 7.33. The van der Waals surface area contributed by atoms with Crippen LogP contribution in [0.25, 0.3) is 0 Å². The van der Waals surface area contributed by atoms with Gasteiger partial charge in [-0.3, -0.25) is 9.59 Å². The molecule has 2 saturated carbocycles. The normalized spacial score (nSPS) is 23.6. The number of nitrogens with one attached hydrogen (secondary N) is 1. The quantitative estimate of drug-likeness (QED) is 0.842. The number of piperidine rings is 1. The van der Waals surface area contributed by atoms with E-state index < -0.39 is 0 Å². The Morgan fingerprint density at radius 2 is 1.73 bits per heavy atom. The molecule has 0 aromatic carbocycles. The first kappa shape index (κ1) is 18.0. The molecule has 2 amide bonds. The Kier molecular flexibility index (Phi) is 5.63. The third kappa shape index (κ3) is 4.13. The molecule has 1 aromatic rings. The van der Waals surface area contributed by atoms with Crippen LogP contribution in [0.5, 0.6) is 0 Å². The van der Waals surface area contributed by atoms with Gasteiger partial charge in [0.05, 0.1) is 6.04 Å². The fraction of sp³-hybridized carbons (Fsp3) is 0.714. The third-order valence-electron chi connectivity index (χ3n) is 6.37. The van der Waals surface area contributed by atoms with Crippen molar-refractivity contribution in [2.24, 2.45) is 17.8 Å². The minimum absolute atomic E-state index is 0.0595. The molecule has 4 nitrogen and oxygen atoms in total. The summed E-state index contributed by atoms with van der Waals surface area (Å²) >= 11 is 1.76. The molecule has 5 heteroatoms. The van der Waals surface area contributed by atoms with Crippen LogP contribution in [-0.4, -0.2) is 29.8 Å². The summed E-state index contributed by atoms with van der Waals surface area (Å²) in [4.78, 5) is 28.4. The van der Waals surface area contributed by atoms with Gasteiger partial charge in [0.2, 0.25) is 11.8 Å². The molecule has 3 aliphatic rings. The standard InChI is InChI=1S/C21H30N2O2S/c24-20(16-10-12-23(13-11-16)21(25)17-8-9-17)22-19(18-7-4-14-26-18)15-5-2-1-3-6-15/h4,7,14-17,19H,1-3,5-6,8-13H2,(H,22,24)/t19-/m0/s1. The predicted molar refractivity (Wildman–Crippen MR) is 104 cm³/mol. The molecule has 1 atom stereocenters. The van der Waals surface area contributed by atoms with Crippen LogP contribution in [0, 0.1) is 17.8 Å². The Hall–Kier alpha value is -1.36. The monoisotopic (exact) mass is 374 g/mol. The molecular weight excluding hydrogens is 344 g/mol. The van der Waals surface area contributed by atoms with Crippen LogP contribution in [-0.2, 0) is 9.59 Å². The summed E-state index contributed by atoms with van der Waals surface area (Å²) in [5.74, 6) is 1.44. The van der Waals surface area contributed by atoms with Crippen molar-refractivity contribution in [3.8, 4) is 0 Å². The minimum Gasteiger partial charge on any atom is -0.348 e. The zero-order chi connectivity index (χ0) is 17.9. The lowest BCUT2D eigenvalue weighted by atomic mass is 9.83. The fourth-order valence-electron chi connectivity index (χ4n) is 4.58. The average molecular weight is 375 g/mol. The summed E-state index contributed by atoms with van der Waals surface area (Å²) in [6.07, 6.45) is 10.1. The molecule has 0 spiro atoms. The van der Waals surface area contributed by atoms with Crippen LogP contribution in [0.15, 0.2) is 17.5 Å². The Labute approximate surface area is 160 Å². The lowest BCUT2D eigenvalue weighted by Gasteiger charge is -2.34. The van der Waals surface area contributed by atoms with Crippen molar-refractivity contribution in [3.63, 3.8) is 0 Å². The second-order valence-corrected chi connectivity index (χ2v) is 9.25. The molecule has 0 unspecified atom stereocenters. The molecule has 4 rings (SSSR count). The molecule has 1 aromatic heterocycles. The predicted octanol–water partition coefficient (Wildman–Crippen LogP) is 4.13. The van der Waals surface area contributed by atoms with Crippen LogP contribution < -0.4 is 5.32 Å². The van der Waals surface area contributed by atoms with E-state index in [1.807, 2.05) is 4.90 Å². The summed E-state index contributed by atoms with van der Waals surface area (Å²) in [5, 5.41) is 5.52. The lowest BCUT2D eigenvalue weighted by molar-refractivity contribution is -0.137. The van der Waals surface area contributed by atoms with E-state index in [4.69, 9.17) is 0 Å². The van der Waals surface area contributed by atoms with Gasteiger partial charge in [-0.15, -0.1) is 11.3 Å². The van der Waals surface area contributed by atoms with Crippen LogP contribution in [0.3, 0.4) is 0 Å². The van der Waals surface area contributed by atoms with E-state index >= 15 is 0 Å². The highest BCUT2D eigenvalue weighted by molar-refractivity contribution is 7.10. The van der Waals surface area contributed by atoms with Gasteiger partial charge in [0, 0.05) is 29.8 Å². The van der Waals surface area contributed by atoms with Crippen molar-refractivity contribution >= 4 is 23.2 Å². The van der Waals surface area contributed by atoms with Crippen molar-refractivity contribution in [2.45, 2.75) is 63.8 Å². The molecule has 1 N–H and O–H groups in total. The number of hydrogen-bond acceptors (Lipinski definition) is 3. The number of nitrogens with zero attached hydrogens (tertiary/aromatic N) is 1. The lowest BCUT2D eigenvalue weighted by Crippen LogP contribution is -2.45. The summed E-state index contributed by atoms with van der Waals surface area (Å²) in [6, 6.07) is 4.43. The van der Waals surface area contributed by atoms with Gasteiger partial charge in [0.25, 0.3) is 0 Å². The molecule has 142 valence electrons. The molecule has 26 heavy (non-hydrogen) atoms. The summed E-state index contributed by atoms with van der Waals surface area (Å²) in [5.41, 5.74) is 0. The Morgan fingerprint density at radius 1 is 1.00 bits per heavy atom. The SMILES string of the molecule is O=C(N[C@H](c1cccs1)C1CCCCC1)C1CCN(C(=O)C2CC2)CC1. The summed E-state index contributed by atoms with van der Waals surface area (Å²) in [6.45, 7) is 1.50. The van der Waals surface area contributed by atoms with Crippen LogP contribution >= 0.6 is 11.3 Å². The van der Waals surface area contributed by atoms with Crippen LogP contribution in [0.4, 0.5) is 0 Å². The van der Waals surface area contributed by atoms with Gasteiger partial charge < -0.3 is 10.2 Å². The number of rotatable bonds is 5. The van der Waals surface area contributed by atoms with Gasteiger partial charge >= 0.3 is 0 Å². The molecule has 1 saturated heterocycles. The van der Waals surface area contributed by atoms with Crippen molar-refractivity contribution in [1.29, 1.82) is 0 Å². The van der Waals surface area contributed by atoms with Crippen LogP contribution in [0.1, 0.15) is 68.7 Å². The van der Waals surface area contributed by atoms with Crippen molar-refractivity contribution in [1.82, 2.24) is 10.2 Å². The molecule has 1 aliphatic heterocycles. The summed E-state index contributed by atoms with van der Waals surface area (Å²) in [7, 11) is 0. The highest BCUT2D eigenvalue weighted by Crippen LogP contribution is 2.37. The molecule has 0 bridgehead atoms. The molecular formula is C21H30N2O2S. The molecule has 0 radical (unpaired) electrons. The number of thiophene rings is 1. The Bertz CT molecular complexity index is 612. The van der Waals surface area contributed by atoms with Gasteiger partial charge in [-0.1, -0.05) is 25.3 Å². The van der Waals surface area contributed by atoms with E-state index in [9.17, 15) is 9.59 Å². The number of carbonyl (C=O) groups excluding carboxylic acids is 2. The fourth-order valence-corrected chi connectivity index (χ4v) is 5.45. The Morgan fingerprint density at radius 3 is 2.35 bits per heavy atom. The highest BCUT2D eigenvalue weighted by Gasteiger charge is 2.36. The smallest absolute Gasteiger partial charge is 0.225 e. The van der Waals surface area contributed by atoms with Gasteiger partial charge in [0.15, 0.2) is 0 Å². The minimum atomic E-state index is 0.0595. The number of carbonyl (C=O) groups is 2. The number of amides is 2. The maximum absolute atomic E-state index is 13.0. The van der Waals surface area contributed by atoms with E-state index in [2.05, 4.69) is 22.8 Å². The van der Waals surface area contributed by atoms with E-state index in [1.165, 1.54) is 37.0 Å². The first-order valence-electron chi connectivity index (χ1n) is 10.3. The Balaban J connectivity index is 1.35. The van der Waals surface area contributed by atoms with Gasteiger partial charge in [-0.25, -0.2) is 0 Å². The molecule has 2 heterocycles. The highest BCUT2D eigenvalue weighted by atomic mass is 32.1. The zero-order valence-electron chi connectivity index (χ0n) is 15.5. The topological polar surface area (TPSA) is 49.4 Å². The summed E-state index contributed by atoms with van der Waals surface area (Å²) < 4.78 is 0. The van der Waals surface area contributed by atoms with E-state index in [0.29, 0.717) is 11.8 Å². The average Bonchev–Trinajstić information content (AvgIpc) is 3.41. The number of likely N-dealkylation sites (tertiary alicyclic amines) is 1. The zero-order valence-corrected chi connectivity index (χ0v) is 16.3.